The van der Waals surface area contributed by atoms with Gasteiger partial charge in [-0.25, -0.2) is 0 Å². The van der Waals surface area contributed by atoms with Crippen molar-refractivity contribution in [3.05, 3.63) is 35.9 Å². The highest BCUT2D eigenvalue weighted by Gasteiger charge is 2.08. The average Bonchev–Trinajstić information content (AvgIpc) is 2.26. The van der Waals surface area contributed by atoms with Crippen LogP contribution in [-0.4, -0.2) is 18.0 Å². The molecule has 0 heterocycles. The summed E-state index contributed by atoms with van der Waals surface area (Å²) in [6.45, 7) is 0.209. The molecule has 2 heteroatoms. The number of unbranched alkanes of at least 4 members (excludes halogenated alkanes) is 1. The van der Waals surface area contributed by atoms with Gasteiger partial charge in [-0.05, 0) is 18.4 Å². The first kappa shape index (κ1) is 10.9. The van der Waals surface area contributed by atoms with Crippen LogP contribution in [-0.2, 0) is 4.79 Å². The standard InChI is InChI=1S/C12H16O2/c13-9-5-4-8-12(10-14)11-6-2-1-3-7-11/h1-3,6-7,10,12-13H,4-5,8-9H2. The Morgan fingerprint density at radius 1 is 1.21 bits per heavy atom. The van der Waals surface area contributed by atoms with E-state index in [9.17, 15) is 4.79 Å². The summed E-state index contributed by atoms with van der Waals surface area (Å²) in [5.41, 5.74) is 1.07. The van der Waals surface area contributed by atoms with Gasteiger partial charge in [-0.3, -0.25) is 0 Å². The lowest BCUT2D eigenvalue weighted by Gasteiger charge is -2.09. The molecule has 0 fully saturated rings. The van der Waals surface area contributed by atoms with Crippen molar-refractivity contribution >= 4 is 6.29 Å². The number of hydrogen-bond acceptors (Lipinski definition) is 2. The molecule has 1 rings (SSSR count). The van der Waals surface area contributed by atoms with E-state index in [0.29, 0.717) is 0 Å². The van der Waals surface area contributed by atoms with Gasteiger partial charge in [0.1, 0.15) is 6.29 Å². The van der Waals surface area contributed by atoms with Crippen LogP contribution in [0.25, 0.3) is 0 Å². The average molecular weight is 192 g/mol. The summed E-state index contributed by atoms with van der Waals surface area (Å²) in [5.74, 6) is -0.0113. The second-order valence-electron chi connectivity index (χ2n) is 3.37. The van der Waals surface area contributed by atoms with Crippen LogP contribution in [0.15, 0.2) is 30.3 Å². The van der Waals surface area contributed by atoms with Gasteiger partial charge < -0.3 is 9.90 Å². The maximum Gasteiger partial charge on any atom is 0.127 e. The van der Waals surface area contributed by atoms with Gasteiger partial charge in [0.15, 0.2) is 0 Å². The van der Waals surface area contributed by atoms with Crippen molar-refractivity contribution in [2.45, 2.75) is 25.2 Å². The van der Waals surface area contributed by atoms with E-state index in [1.165, 1.54) is 0 Å². The minimum absolute atomic E-state index is 0.0113. The quantitative estimate of drug-likeness (QED) is 0.553. The summed E-state index contributed by atoms with van der Waals surface area (Å²) in [4.78, 5) is 10.8. The number of carbonyl (C=O) groups excluding carboxylic acids is 1. The Balaban J connectivity index is 2.50. The smallest absolute Gasteiger partial charge is 0.127 e. The van der Waals surface area contributed by atoms with Gasteiger partial charge in [0.05, 0.1) is 0 Å². The number of aliphatic hydroxyl groups is 1. The van der Waals surface area contributed by atoms with E-state index < -0.39 is 0 Å². The Morgan fingerprint density at radius 3 is 2.50 bits per heavy atom. The maximum absolute atomic E-state index is 10.8. The van der Waals surface area contributed by atoms with Crippen molar-refractivity contribution in [1.29, 1.82) is 0 Å². The molecular formula is C12H16O2. The third kappa shape index (κ3) is 3.30. The maximum atomic E-state index is 10.8. The zero-order chi connectivity index (χ0) is 10.2. The fourth-order valence-corrected chi connectivity index (χ4v) is 1.49. The number of rotatable bonds is 6. The monoisotopic (exact) mass is 192 g/mol. The van der Waals surface area contributed by atoms with E-state index in [2.05, 4.69) is 0 Å². The molecule has 1 aromatic rings. The van der Waals surface area contributed by atoms with E-state index in [1.54, 1.807) is 0 Å². The Bertz CT molecular complexity index is 256. The molecule has 14 heavy (non-hydrogen) atoms. The molecular weight excluding hydrogens is 176 g/mol. The van der Waals surface area contributed by atoms with Gasteiger partial charge in [-0.15, -0.1) is 0 Å². The third-order valence-electron chi connectivity index (χ3n) is 2.32. The largest absolute Gasteiger partial charge is 0.396 e. The van der Waals surface area contributed by atoms with Crippen LogP contribution in [0.2, 0.25) is 0 Å². The lowest BCUT2D eigenvalue weighted by molar-refractivity contribution is -0.109. The molecule has 0 saturated carbocycles. The Morgan fingerprint density at radius 2 is 1.93 bits per heavy atom. The molecule has 0 saturated heterocycles. The van der Waals surface area contributed by atoms with Gasteiger partial charge in [0, 0.05) is 12.5 Å². The number of aliphatic hydroxyl groups excluding tert-OH is 1. The number of benzene rings is 1. The molecule has 1 unspecified atom stereocenters. The molecule has 0 radical (unpaired) electrons. The number of aldehydes is 1. The number of carbonyl (C=O) groups is 1. The van der Waals surface area contributed by atoms with Crippen molar-refractivity contribution in [2.24, 2.45) is 0 Å². The second kappa shape index (κ2) is 6.33. The highest BCUT2D eigenvalue weighted by molar-refractivity contribution is 5.61. The molecule has 0 aliphatic heterocycles. The lowest BCUT2D eigenvalue weighted by Crippen LogP contribution is -2.00. The van der Waals surface area contributed by atoms with Crippen LogP contribution in [0, 0.1) is 0 Å². The van der Waals surface area contributed by atoms with E-state index in [-0.39, 0.29) is 12.5 Å². The zero-order valence-corrected chi connectivity index (χ0v) is 8.23. The van der Waals surface area contributed by atoms with Crippen molar-refractivity contribution in [3.63, 3.8) is 0 Å². The first-order chi connectivity index (χ1) is 6.88. The van der Waals surface area contributed by atoms with Crippen molar-refractivity contribution in [3.8, 4) is 0 Å². The Kier molecular flexibility index (Phi) is 4.94. The molecule has 1 aromatic carbocycles. The molecule has 0 spiro atoms. The summed E-state index contributed by atoms with van der Waals surface area (Å²) in [7, 11) is 0. The molecule has 1 atom stereocenters. The number of hydrogen-bond donors (Lipinski definition) is 1. The Labute approximate surface area is 84.6 Å². The van der Waals surface area contributed by atoms with E-state index in [1.807, 2.05) is 30.3 Å². The summed E-state index contributed by atoms with van der Waals surface area (Å²) >= 11 is 0. The molecule has 0 bridgehead atoms. The van der Waals surface area contributed by atoms with Gasteiger partial charge >= 0.3 is 0 Å². The van der Waals surface area contributed by atoms with E-state index >= 15 is 0 Å². The van der Waals surface area contributed by atoms with Crippen LogP contribution in [0.3, 0.4) is 0 Å². The fourth-order valence-electron chi connectivity index (χ4n) is 1.49. The third-order valence-corrected chi connectivity index (χ3v) is 2.32. The van der Waals surface area contributed by atoms with Gasteiger partial charge in [0.2, 0.25) is 0 Å². The molecule has 0 aromatic heterocycles. The molecule has 0 aliphatic carbocycles. The predicted octanol–water partition coefficient (Wildman–Crippen LogP) is 2.13. The van der Waals surface area contributed by atoms with Crippen molar-refractivity contribution in [1.82, 2.24) is 0 Å². The van der Waals surface area contributed by atoms with Crippen LogP contribution in [0.1, 0.15) is 30.7 Å². The minimum atomic E-state index is -0.0113. The Hall–Kier alpha value is -1.15. The molecule has 1 N–H and O–H groups in total. The van der Waals surface area contributed by atoms with Gasteiger partial charge in [-0.2, -0.15) is 0 Å². The lowest BCUT2D eigenvalue weighted by atomic mass is 9.95. The van der Waals surface area contributed by atoms with Crippen molar-refractivity contribution < 1.29 is 9.90 Å². The summed E-state index contributed by atoms with van der Waals surface area (Å²) < 4.78 is 0. The van der Waals surface area contributed by atoms with Gasteiger partial charge in [-0.1, -0.05) is 36.8 Å². The molecule has 0 amide bonds. The van der Waals surface area contributed by atoms with Crippen LogP contribution in [0.4, 0.5) is 0 Å². The van der Waals surface area contributed by atoms with Crippen LogP contribution < -0.4 is 0 Å². The van der Waals surface area contributed by atoms with Crippen molar-refractivity contribution in [2.75, 3.05) is 6.61 Å². The van der Waals surface area contributed by atoms with Gasteiger partial charge in [0.25, 0.3) is 0 Å². The second-order valence-corrected chi connectivity index (χ2v) is 3.37. The summed E-state index contributed by atoms with van der Waals surface area (Å²) in [6, 6.07) is 9.77. The highest BCUT2D eigenvalue weighted by Crippen LogP contribution is 2.19. The van der Waals surface area contributed by atoms with Crippen LogP contribution in [0.5, 0.6) is 0 Å². The highest BCUT2D eigenvalue weighted by atomic mass is 16.2. The normalized spacial score (nSPS) is 12.4. The molecule has 0 aliphatic rings. The van der Waals surface area contributed by atoms with E-state index in [4.69, 9.17) is 5.11 Å². The fraction of sp³-hybridized carbons (Fsp3) is 0.417. The molecule has 2 nitrogen and oxygen atoms in total. The topological polar surface area (TPSA) is 37.3 Å². The zero-order valence-electron chi connectivity index (χ0n) is 8.23. The SMILES string of the molecule is O=CC(CCCCO)c1ccccc1. The summed E-state index contributed by atoms with van der Waals surface area (Å²) in [5, 5.41) is 8.63. The van der Waals surface area contributed by atoms with E-state index in [0.717, 1.165) is 31.1 Å². The first-order valence-electron chi connectivity index (χ1n) is 4.99. The predicted molar refractivity (Wildman–Crippen MR) is 56.2 cm³/mol. The first-order valence-corrected chi connectivity index (χ1v) is 4.99. The molecule has 76 valence electrons. The summed E-state index contributed by atoms with van der Waals surface area (Å²) in [6.07, 6.45) is 3.49. The minimum Gasteiger partial charge on any atom is -0.396 e. The van der Waals surface area contributed by atoms with Crippen LogP contribution >= 0.6 is 0 Å².